The molecule has 6 heteroatoms. The predicted octanol–water partition coefficient (Wildman–Crippen LogP) is 2.32. The van der Waals surface area contributed by atoms with E-state index in [9.17, 15) is 5.11 Å². The standard InChI is InChI=1S/C15H15BrN4O/c16-14-9-20-12(7-19-15(20)8-18-14)6-17-13(10-21)11-4-2-1-3-5-11/h1-5,7-9,13,17,21H,6,10H2/t13-/m1/s1. The van der Waals surface area contributed by atoms with Gasteiger partial charge in [0.05, 0.1) is 30.7 Å². The smallest absolute Gasteiger partial charge is 0.155 e. The Morgan fingerprint density at radius 2 is 2.00 bits per heavy atom. The second-order valence-electron chi connectivity index (χ2n) is 4.71. The lowest BCUT2D eigenvalue weighted by molar-refractivity contribution is 0.243. The lowest BCUT2D eigenvalue weighted by Gasteiger charge is -2.16. The number of hydrogen-bond acceptors (Lipinski definition) is 4. The van der Waals surface area contributed by atoms with E-state index in [1.807, 2.05) is 47.1 Å². The molecule has 0 bridgehead atoms. The second-order valence-corrected chi connectivity index (χ2v) is 5.53. The molecule has 2 heterocycles. The summed E-state index contributed by atoms with van der Waals surface area (Å²) in [5.41, 5.74) is 2.88. The van der Waals surface area contributed by atoms with Gasteiger partial charge in [0.1, 0.15) is 4.60 Å². The average Bonchev–Trinajstić information content (AvgIpc) is 2.91. The third-order valence-corrected chi connectivity index (χ3v) is 3.76. The number of fused-ring (bicyclic) bond motifs is 1. The first-order chi connectivity index (χ1) is 10.3. The third kappa shape index (κ3) is 3.12. The topological polar surface area (TPSA) is 62.5 Å². The highest BCUT2D eigenvalue weighted by Crippen LogP contribution is 2.14. The lowest BCUT2D eigenvalue weighted by Crippen LogP contribution is -2.24. The van der Waals surface area contributed by atoms with Crippen molar-refractivity contribution in [2.45, 2.75) is 12.6 Å². The third-order valence-electron chi connectivity index (χ3n) is 3.36. The molecule has 2 N–H and O–H groups in total. The van der Waals surface area contributed by atoms with Gasteiger partial charge in [0, 0.05) is 12.7 Å². The maximum atomic E-state index is 9.56. The fourth-order valence-electron chi connectivity index (χ4n) is 2.25. The minimum atomic E-state index is -0.0953. The maximum Gasteiger partial charge on any atom is 0.155 e. The molecular formula is C15H15BrN4O. The van der Waals surface area contributed by atoms with Gasteiger partial charge in [-0.3, -0.25) is 4.40 Å². The number of nitrogens with one attached hydrogen (secondary N) is 1. The quantitative estimate of drug-likeness (QED) is 0.744. The molecule has 21 heavy (non-hydrogen) atoms. The zero-order valence-corrected chi connectivity index (χ0v) is 12.9. The molecule has 0 aliphatic rings. The highest BCUT2D eigenvalue weighted by atomic mass is 79.9. The number of aliphatic hydroxyl groups is 1. The Labute approximate surface area is 130 Å². The highest BCUT2D eigenvalue weighted by molar-refractivity contribution is 9.10. The molecule has 1 aromatic carbocycles. The van der Waals surface area contributed by atoms with Gasteiger partial charge < -0.3 is 10.4 Å². The number of benzene rings is 1. The molecule has 0 saturated carbocycles. The molecule has 0 radical (unpaired) electrons. The lowest BCUT2D eigenvalue weighted by atomic mass is 10.1. The Hall–Kier alpha value is -1.76. The van der Waals surface area contributed by atoms with E-state index in [0.717, 1.165) is 21.5 Å². The van der Waals surface area contributed by atoms with Crippen LogP contribution in [0.25, 0.3) is 5.65 Å². The molecule has 2 aromatic heterocycles. The van der Waals surface area contributed by atoms with Gasteiger partial charge in [0.2, 0.25) is 0 Å². The molecule has 3 aromatic rings. The van der Waals surface area contributed by atoms with Crippen LogP contribution in [0.5, 0.6) is 0 Å². The van der Waals surface area contributed by atoms with Crippen molar-refractivity contribution in [1.29, 1.82) is 0 Å². The normalized spacial score (nSPS) is 12.7. The van der Waals surface area contributed by atoms with Crippen molar-refractivity contribution in [2.75, 3.05) is 6.61 Å². The van der Waals surface area contributed by atoms with Gasteiger partial charge in [-0.25, -0.2) is 9.97 Å². The van der Waals surface area contributed by atoms with E-state index in [1.54, 1.807) is 6.20 Å². The summed E-state index contributed by atoms with van der Waals surface area (Å²) in [6.07, 6.45) is 5.42. The molecule has 0 saturated heterocycles. The molecule has 0 aliphatic carbocycles. The number of rotatable bonds is 5. The molecule has 0 spiro atoms. The summed E-state index contributed by atoms with van der Waals surface area (Å²) in [5, 5.41) is 12.9. The first-order valence-electron chi connectivity index (χ1n) is 6.64. The molecule has 5 nitrogen and oxygen atoms in total. The fourth-order valence-corrected chi connectivity index (χ4v) is 2.55. The first-order valence-corrected chi connectivity index (χ1v) is 7.44. The van der Waals surface area contributed by atoms with Crippen molar-refractivity contribution in [3.63, 3.8) is 0 Å². The molecule has 1 atom stereocenters. The van der Waals surface area contributed by atoms with Crippen LogP contribution in [0.3, 0.4) is 0 Å². The zero-order chi connectivity index (χ0) is 14.7. The van der Waals surface area contributed by atoms with Crippen LogP contribution in [0.15, 0.2) is 53.5 Å². The van der Waals surface area contributed by atoms with Crippen molar-refractivity contribution >= 4 is 21.6 Å². The van der Waals surface area contributed by atoms with E-state index in [1.165, 1.54) is 0 Å². The average molecular weight is 347 g/mol. The molecule has 0 aliphatic heterocycles. The Balaban J connectivity index is 1.78. The van der Waals surface area contributed by atoms with Gasteiger partial charge >= 0.3 is 0 Å². The SMILES string of the molecule is OC[C@@H](NCc1cnc2cnc(Br)cn12)c1ccccc1. The summed E-state index contributed by atoms with van der Waals surface area (Å²) in [6.45, 7) is 0.656. The van der Waals surface area contributed by atoms with Crippen molar-refractivity contribution in [2.24, 2.45) is 0 Å². The Kier molecular flexibility index (Phi) is 4.28. The molecule has 3 rings (SSSR count). The molecule has 0 amide bonds. The van der Waals surface area contributed by atoms with Gasteiger partial charge in [-0.05, 0) is 21.5 Å². The van der Waals surface area contributed by atoms with Crippen LogP contribution in [-0.2, 0) is 6.54 Å². The molecule has 108 valence electrons. The van der Waals surface area contributed by atoms with Crippen LogP contribution in [-0.4, -0.2) is 26.1 Å². The zero-order valence-electron chi connectivity index (χ0n) is 11.3. The Bertz CT molecular complexity index is 729. The number of hydrogen-bond donors (Lipinski definition) is 2. The minimum Gasteiger partial charge on any atom is -0.394 e. The summed E-state index contributed by atoms with van der Waals surface area (Å²) in [7, 11) is 0. The van der Waals surface area contributed by atoms with E-state index in [4.69, 9.17) is 0 Å². The van der Waals surface area contributed by atoms with Crippen LogP contribution in [0.1, 0.15) is 17.3 Å². The number of imidazole rings is 1. The van der Waals surface area contributed by atoms with Gasteiger partial charge in [0.25, 0.3) is 0 Å². The van der Waals surface area contributed by atoms with E-state index >= 15 is 0 Å². The van der Waals surface area contributed by atoms with Crippen molar-refractivity contribution in [3.05, 3.63) is 64.8 Å². The molecular weight excluding hydrogens is 332 g/mol. The van der Waals surface area contributed by atoms with E-state index in [0.29, 0.717) is 6.54 Å². The fraction of sp³-hybridized carbons (Fsp3) is 0.200. The summed E-state index contributed by atoms with van der Waals surface area (Å²) in [4.78, 5) is 8.47. The predicted molar refractivity (Wildman–Crippen MR) is 83.8 cm³/mol. The van der Waals surface area contributed by atoms with Crippen LogP contribution >= 0.6 is 15.9 Å². The Morgan fingerprint density at radius 3 is 2.76 bits per heavy atom. The van der Waals surface area contributed by atoms with E-state index in [2.05, 4.69) is 31.2 Å². The summed E-state index contributed by atoms with van der Waals surface area (Å²) >= 11 is 3.36. The van der Waals surface area contributed by atoms with Crippen molar-refractivity contribution < 1.29 is 5.11 Å². The summed E-state index contributed by atoms with van der Waals surface area (Å²) in [6, 6.07) is 9.81. The first kappa shape index (κ1) is 14.2. The minimum absolute atomic E-state index is 0.0476. The van der Waals surface area contributed by atoms with Crippen LogP contribution in [0.2, 0.25) is 0 Å². The number of aliphatic hydroxyl groups excluding tert-OH is 1. The number of nitrogens with zero attached hydrogens (tertiary/aromatic N) is 3. The monoisotopic (exact) mass is 346 g/mol. The van der Waals surface area contributed by atoms with E-state index < -0.39 is 0 Å². The van der Waals surface area contributed by atoms with E-state index in [-0.39, 0.29) is 12.6 Å². The van der Waals surface area contributed by atoms with Crippen LogP contribution < -0.4 is 5.32 Å². The van der Waals surface area contributed by atoms with Crippen LogP contribution in [0, 0.1) is 0 Å². The summed E-state index contributed by atoms with van der Waals surface area (Å²) < 4.78 is 2.74. The largest absolute Gasteiger partial charge is 0.394 e. The van der Waals surface area contributed by atoms with Gasteiger partial charge in [-0.2, -0.15) is 0 Å². The maximum absolute atomic E-state index is 9.56. The van der Waals surface area contributed by atoms with Gasteiger partial charge in [0.15, 0.2) is 5.65 Å². The highest BCUT2D eigenvalue weighted by Gasteiger charge is 2.11. The van der Waals surface area contributed by atoms with Gasteiger partial charge in [-0.1, -0.05) is 30.3 Å². The second kappa shape index (κ2) is 6.34. The van der Waals surface area contributed by atoms with Crippen molar-refractivity contribution in [3.8, 4) is 0 Å². The summed E-state index contributed by atoms with van der Waals surface area (Å²) in [5.74, 6) is 0. The Morgan fingerprint density at radius 1 is 1.19 bits per heavy atom. The van der Waals surface area contributed by atoms with Crippen LogP contribution in [0.4, 0.5) is 0 Å². The molecule has 0 fully saturated rings. The van der Waals surface area contributed by atoms with Gasteiger partial charge in [-0.15, -0.1) is 0 Å². The number of halogens is 1. The van der Waals surface area contributed by atoms with Crippen molar-refractivity contribution in [1.82, 2.24) is 19.7 Å². The number of aromatic nitrogens is 3. The molecule has 0 unspecified atom stereocenters.